The van der Waals surface area contributed by atoms with Gasteiger partial charge in [0.2, 0.25) is 35.4 Å². The third-order valence-corrected chi connectivity index (χ3v) is 13.9. The number of hydrogen-bond donors (Lipinski definition) is 5. The SMILES string of the molecule is CC(C)[C@H](NC(=O)[C@H](C)N(C)C(=O)OC(C)(C)C)C(=O)N1C[C@@H](N=[N+]=[N-])C[C@H]1C(=O)N[C@@H](Cc1ccccc1)C(=O)O.COC(=O)[C@H](Cc1ccccc1)NC(=O)[C@@H]1C[C@H](N=[N+]=[N-])CN1C(=O)[C@@H](NC(=O)[C@H](C)N(C)C(=O)OC(C)(C)C)C(C)C.S.S.S.S.S.S.S.S. The van der Waals surface area contributed by atoms with Crippen molar-refractivity contribution in [3.63, 3.8) is 0 Å². The number of rotatable bonds is 22. The number of carbonyl (C=O) groups is 10. The number of nitrogens with zero attached hydrogens (tertiary/aromatic N) is 10. The van der Waals surface area contributed by atoms with E-state index in [2.05, 4.69) is 41.3 Å². The molecule has 0 bridgehead atoms. The lowest BCUT2D eigenvalue weighted by Gasteiger charge is -2.33. The number of carboxylic acids is 1. The number of carboxylic acid groups (broad SMARTS) is 1. The van der Waals surface area contributed by atoms with Gasteiger partial charge in [0.05, 0.1) is 19.2 Å². The van der Waals surface area contributed by atoms with Crippen LogP contribution in [0.2, 0.25) is 0 Å². The van der Waals surface area contributed by atoms with Gasteiger partial charge in [-0.1, -0.05) is 98.6 Å². The second kappa shape index (κ2) is 45.5. The average molecular weight is 1460 g/mol. The Morgan fingerprint density at radius 3 is 1.15 bits per heavy atom. The number of likely N-dealkylation sites (tertiary alicyclic amines) is 2. The number of esters is 1. The minimum atomic E-state index is -1.26. The molecule has 0 radical (unpaired) electrons. The number of methoxy groups -OCH3 is 1. The van der Waals surface area contributed by atoms with Crippen molar-refractivity contribution in [1.29, 1.82) is 0 Å². The van der Waals surface area contributed by atoms with E-state index < -0.39 is 143 Å². The standard InChI is InChI=1S/C29H43N7O7.C28H41N7O7.8H2S/c1-17(2)23(32-24(37)18(3)35(7)28(41)43-29(4,5)6)26(39)36-16-20(33-34-30)15-22(36)25(38)31-21(27(40)42-8)14-19-12-10-9-11-13-19;1-16(2)22(31-23(36)17(3)34(7)27(41)42-28(4,5)6)25(38)35-15-19(32-33-29)14-21(35)24(37)30-20(26(39)40)13-18-11-9-8-10-12-18;;;;;;;;/h9-13,17-18,20-23H,14-16H2,1-8H3,(H,31,38)(H,32,37);8-12,16-17,19-22H,13-15H2,1-7H3,(H,30,37)(H,31,36)(H,39,40);8*1H2/t18-,20-,21-,22-,23-;17-,19-,20-,21-,22-;;;;;;;;/m00......../s1. The molecule has 36 heteroatoms. The van der Waals surface area contributed by atoms with Crippen LogP contribution in [0.3, 0.4) is 0 Å². The Morgan fingerprint density at radius 2 is 0.871 bits per heavy atom. The minimum absolute atomic E-state index is 0. The molecule has 10 atom stereocenters. The summed E-state index contributed by atoms with van der Waals surface area (Å²) in [6.07, 6.45) is -1.22. The van der Waals surface area contributed by atoms with Crippen molar-refractivity contribution in [2.24, 2.45) is 22.1 Å². The number of benzene rings is 2. The summed E-state index contributed by atoms with van der Waals surface area (Å²) in [5, 5.41) is 27.7. The topological polar surface area (TPSA) is 377 Å². The van der Waals surface area contributed by atoms with E-state index >= 15 is 0 Å². The summed E-state index contributed by atoms with van der Waals surface area (Å²) in [7, 11) is 4.04. The molecule has 2 aliphatic rings. The van der Waals surface area contributed by atoms with Crippen LogP contribution in [-0.2, 0) is 65.4 Å². The first-order valence-corrected chi connectivity index (χ1v) is 27.9. The molecule has 0 aromatic heterocycles. The Bertz CT molecular complexity index is 2820. The van der Waals surface area contributed by atoms with Crippen LogP contribution in [0.1, 0.15) is 107 Å². The maximum absolute atomic E-state index is 13.9. The number of azide groups is 2. The van der Waals surface area contributed by atoms with Crippen LogP contribution >= 0.6 is 108 Å². The summed E-state index contributed by atoms with van der Waals surface area (Å²) in [5.41, 5.74) is 18.0. The van der Waals surface area contributed by atoms with Crippen molar-refractivity contribution in [1.82, 2.24) is 40.9 Å². The molecule has 530 valence electrons. The lowest BCUT2D eigenvalue weighted by atomic mass is 10.0. The van der Waals surface area contributed by atoms with E-state index in [-0.39, 0.29) is 147 Å². The highest BCUT2D eigenvalue weighted by Gasteiger charge is 2.46. The number of carbonyl (C=O) groups excluding carboxylic acids is 9. The molecule has 0 saturated carbocycles. The van der Waals surface area contributed by atoms with Gasteiger partial charge in [-0.25, -0.2) is 19.2 Å². The summed E-state index contributed by atoms with van der Waals surface area (Å²) in [6, 6.07) is 7.77. The predicted molar refractivity (Wildman–Crippen MR) is 393 cm³/mol. The third kappa shape index (κ3) is 31.1. The Balaban J connectivity index is -0.000000375. The molecule has 2 fully saturated rings. The summed E-state index contributed by atoms with van der Waals surface area (Å²) < 4.78 is 15.6. The van der Waals surface area contributed by atoms with Crippen molar-refractivity contribution >= 4 is 168 Å². The smallest absolute Gasteiger partial charge is 0.410 e. The molecule has 2 heterocycles. The summed E-state index contributed by atoms with van der Waals surface area (Å²) in [5.74, 6) is -6.44. The first-order valence-electron chi connectivity index (χ1n) is 27.9. The van der Waals surface area contributed by atoms with Gasteiger partial charge in [-0.15, -0.1) is 0 Å². The van der Waals surface area contributed by atoms with Crippen molar-refractivity contribution in [2.45, 2.75) is 180 Å². The first-order chi connectivity index (χ1) is 39.6. The van der Waals surface area contributed by atoms with Gasteiger partial charge < -0.3 is 50.4 Å². The highest BCUT2D eigenvalue weighted by atomic mass is 32.1. The highest BCUT2D eigenvalue weighted by Crippen LogP contribution is 2.26. The molecule has 2 aromatic carbocycles. The summed E-state index contributed by atoms with van der Waals surface area (Å²) in [4.78, 5) is 141. The molecule has 0 spiro atoms. The number of ether oxygens (including phenoxy) is 3. The molecule has 8 amide bonds. The van der Waals surface area contributed by atoms with Gasteiger partial charge in [-0.05, 0) is 102 Å². The first kappa shape index (κ1) is 98.2. The molecule has 93 heavy (non-hydrogen) atoms. The van der Waals surface area contributed by atoms with E-state index in [1.807, 2.05) is 18.2 Å². The molecular formula is C57H100N14O14S8. The summed E-state index contributed by atoms with van der Waals surface area (Å²) in [6.45, 7) is 19.9. The van der Waals surface area contributed by atoms with Gasteiger partial charge in [-0.2, -0.15) is 108 Å². The Labute approximate surface area is 601 Å². The molecule has 2 aliphatic heterocycles. The van der Waals surface area contributed by atoms with Crippen LogP contribution in [0.25, 0.3) is 20.9 Å². The van der Waals surface area contributed by atoms with E-state index in [0.717, 1.165) is 15.4 Å². The van der Waals surface area contributed by atoms with Crippen LogP contribution < -0.4 is 21.3 Å². The van der Waals surface area contributed by atoms with Crippen molar-refractivity contribution < 1.29 is 67.3 Å². The van der Waals surface area contributed by atoms with Crippen LogP contribution in [-0.4, -0.2) is 190 Å². The molecule has 2 aromatic rings. The van der Waals surface area contributed by atoms with Gasteiger partial charge >= 0.3 is 24.1 Å². The number of likely N-dealkylation sites (N-methyl/N-ethyl adjacent to an activating group) is 2. The molecule has 28 nitrogen and oxygen atoms in total. The lowest BCUT2D eigenvalue weighted by molar-refractivity contribution is -0.147. The number of amides is 8. The quantitative estimate of drug-likeness (QED) is 0.0300. The average Bonchev–Trinajstić information content (AvgIpc) is 1.83. The van der Waals surface area contributed by atoms with E-state index in [9.17, 15) is 53.1 Å². The molecule has 0 aliphatic carbocycles. The van der Waals surface area contributed by atoms with E-state index in [4.69, 9.17) is 25.3 Å². The molecule has 5 N–H and O–H groups in total. The fourth-order valence-corrected chi connectivity index (χ4v) is 8.96. The van der Waals surface area contributed by atoms with Crippen molar-refractivity contribution in [3.05, 3.63) is 92.7 Å². The van der Waals surface area contributed by atoms with Gasteiger partial charge in [0.25, 0.3) is 0 Å². The van der Waals surface area contributed by atoms with Gasteiger partial charge in [0, 0.05) is 49.8 Å². The zero-order valence-electron chi connectivity index (χ0n) is 55.2. The van der Waals surface area contributed by atoms with Gasteiger partial charge in [0.15, 0.2) is 0 Å². The van der Waals surface area contributed by atoms with Crippen molar-refractivity contribution in [2.75, 3.05) is 34.3 Å². The molecule has 0 unspecified atom stereocenters. The van der Waals surface area contributed by atoms with E-state index in [0.29, 0.717) is 5.56 Å². The highest BCUT2D eigenvalue weighted by molar-refractivity contribution is 7.60. The zero-order valence-corrected chi connectivity index (χ0v) is 63.2. The fraction of sp³-hybridized carbons (Fsp3) is 0.614. The predicted octanol–water partition coefficient (Wildman–Crippen LogP) is 5.94. The van der Waals surface area contributed by atoms with Gasteiger partial charge in [-0.3, -0.25) is 38.6 Å². The molecule has 2 saturated heterocycles. The second-order valence-corrected chi connectivity index (χ2v) is 23.6. The third-order valence-electron chi connectivity index (χ3n) is 13.9. The second-order valence-electron chi connectivity index (χ2n) is 23.6. The van der Waals surface area contributed by atoms with Crippen molar-refractivity contribution in [3.8, 4) is 0 Å². The normalized spacial score (nSPS) is 17.0. The molecule has 4 rings (SSSR count). The number of hydrogen-bond acceptors (Lipinski definition) is 15. The van der Waals surface area contributed by atoms with E-state index in [1.165, 1.54) is 44.9 Å². The monoisotopic (exact) mass is 1460 g/mol. The van der Waals surface area contributed by atoms with E-state index in [1.54, 1.807) is 112 Å². The van der Waals surface area contributed by atoms with Crippen LogP contribution in [0.4, 0.5) is 9.59 Å². The molecular weight excluding hydrogens is 1360 g/mol. The largest absolute Gasteiger partial charge is 0.480 e. The van der Waals surface area contributed by atoms with Gasteiger partial charge in [0.1, 0.15) is 59.5 Å². The Morgan fingerprint density at radius 1 is 0.559 bits per heavy atom. The maximum Gasteiger partial charge on any atom is 0.410 e. The number of nitrogens with one attached hydrogen (secondary N) is 4. The van der Waals surface area contributed by atoms with Crippen LogP contribution in [0.5, 0.6) is 0 Å². The lowest BCUT2D eigenvalue weighted by Crippen LogP contribution is -2.58. The Hall–Kier alpha value is -5.84. The maximum atomic E-state index is 13.9. The van der Waals surface area contributed by atoms with Crippen LogP contribution in [0.15, 0.2) is 70.9 Å². The van der Waals surface area contributed by atoms with Crippen LogP contribution in [0, 0.1) is 11.8 Å². The minimum Gasteiger partial charge on any atom is -0.480 e. The number of aliphatic carboxylic acids is 1. The zero-order chi connectivity index (χ0) is 64.3. The fourth-order valence-electron chi connectivity index (χ4n) is 8.96. The Kier molecular flexibility index (Phi) is 48.1. The summed E-state index contributed by atoms with van der Waals surface area (Å²) >= 11 is 0.